The fraction of sp³-hybridized carbons (Fsp3) is 0.417. The van der Waals surface area contributed by atoms with Crippen molar-refractivity contribution in [2.45, 2.75) is 22.9 Å². The molecule has 2 N–H and O–H groups in total. The molecule has 1 aromatic carbocycles. The predicted octanol–water partition coefficient (Wildman–Crippen LogP) is 1.64. The van der Waals surface area contributed by atoms with E-state index >= 15 is 0 Å². The molecule has 0 saturated heterocycles. The van der Waals surface area contributed by atoms with Crippen LogP contribution in [0.3, 0.4) is 0 Å². The molecule has 0 aromatic heterocycles. The SMILES string of the molecule is CCN=S(=O)(NCCNC(=O)C(F)(F)F)c1ccc(S(=O)(=O)Cl)cc1. The van der Waals surface area contributed by atoms with Gasteiger partial charge in [-0.2, -0.15) is 13.2 Å². The van der Waals surface area contributed by atoms with E-state index in [0.717, 1.165) is 12.1 Å². The van der Waals surface area contributed by atoms with E-state index in [4.69, 9.17) is 10.7 Å². The summed E-state index contributed by atoms with van der Waals surface area (Å²) in [7, 11) is -1.97. The second kappa shape index (κ2) is 8.34. The normalized spacial score (nSPS) is 14.6. The van der Waals surface area contributed by atoms with Crippen LogP contribution in [-0.2, 0) is 23.8 Å². The molecule has 0 aliphatic heterocycles. The third kappa shape index (κ3) is 6.45. The summed E-state index contributed by atoms with van der Waals surface area (Å²) in [5, 5.41) is 1.63. The van der Waals surface area contributed by atoms with Crippen molar-refractivity contribution in [3.63, 3.8) is 0 Å². The van der Waals surface area contributed by atoms with Gasteiger partial charge in [-0.25, -0.2) is 21.7 Å². The number of amides is 1. The van der Waals surface area contributed by atoms with Gasteiger partial charge in [0.05, 0.1) is 9.79 Å². The van der Waals surface area contributed by atoms with E-state index in [1.165, 1.54) is 12.1 Å². The zero-order chi connectivity index (χ0) is 19.3. The van der Waals surface area contributed by atoms with Gasteiger partial charge < -0.3 is 5.32 Å². The number of alkyl halides is 3. The molecule has 0 aliphatic carbocycles. The van der Waals surface area contributed by atoms with Crippen LogP contribution in [-0.4, -0.2) is 44.3 Å². The minimum atomic E-state index is -5.00. The van der Waals surface area contributed by atoms with Gasteiger partial charge in [-0.1, -0.05) is 0 Å². The zero-order valence-corrected chi connectivity index (χ0v) is 15.2. The average molecular weight is 422 g/mol. The Kier molecular flexibility index (Phi) is 7.23. The van der Waals surface area contributed by atoms with E-state index in [2.05, 4.69) is 9.08 Å². The number of benzene rings is 1. The number of nitrogens with one attached hydrogen (secondary N) is 2. The summed E-state index contributed by atoms with van der Waals surface area (Å²) in [6.07, 6.45) is -5.00. The van der Waals surface area contributed by atoms with Gasteiger partial charge in [0.15, 0.2) is 0 Å². The number of hydrogen-bond donors (Lipinski definition) is 2. The molecule has 0 heterocycles. The van der Waals surface area contributed by atoms with Crippen molar-refractivity contribution < 1.29 is 30.6 Å². The van der Waals surface area contributed by atoms with Gasteiger partial charge in [0.25, 0.3) is 9.05 Å². The van der Waals surface area contributed by atoms with Crippen LogP contribution >= 0.6 is 10.7 Å². The molecule has 0 bridgehead atoms. The molecule has 0 radical (unpaired) electrons. The van der Waals surface area contributed by atoms with Crippen LogP contribution in [0.25, 0.3) is 0 Å². The lowest BCUT2D eigenvalue weighted by atomic mass is 10.4. The number of rotatable bonds is 7. The highest BCUT2D eigenvalue weighted by molar-refractivity contribution is 8.13. The van der Waals surface area contributed by atoms with Crippen LogP contribution in [0, 0.1) is 0 Å². The first-order valence-corrected chi connectivity index (χ1v) is 10.6. The maximum Gasteiger partial charge on any atom is 0.471 e. The van der Waals surface area contributed by atoms with Crippen molar-refractivity contribution >= 4 is 35.6 Å². The van der Waals surface area contributed by atoms with Crippen molar-refractivity contribution in [1.29, 1.82) is 0 Å². The van der Waals surface area contributed by atoms with E-state index in [9.17, 15) is 30.6 Å². The summed E-state index contributed by atoms with van der Waals surface area (Å²) in [5.41, 5.74) is 0. The summed E-state index contributed by atoms with van der Waals surface area (Å²) >= 11 is 0. The third-order valence-electron chi connectivity index (χ3n) is 2.70. The second-order valence-electron chi connectivity index (χ2n) is 4.53. The first-order valence-electron chi connectivity index (χ1n) is 6.77. The molecular weight excluding hydrogens is 407 g/mol. The second-order valence-corrected chi connectivity index (χ2v) is 9.16. The number of halogens is 4. The molecule has 1 unspecified atom stereocenters. The van der Waals surface area contributed by atoms with Crippen LogP contribution in [0.2, 0.25) is 0 Å². The monoisotopic (exact) mass is 421 g/mol. The Morgan fingerprint density at radius 1 is 1.12 bits per heavy atom. The lowest BCUT2D eigenvalue weighted by molar-refractivity contribution is -0.173. The van der Waals surface area contributed by atoms with E-state index in [1.807, 2.05) is 0 Å². The van der Waals surface area contributed by atoms with Crippen LogP contribution in [0.4, 0.5) is 13.2 Å². The summed E-state index contributed by atoms with van der Waals surface area (Å²) in [5.74, 6) is -2.11. The standard InChI is InChI=1S/C12H15ClF3N3O4S2/c1-2-18-25(23,19-8-7-17-11(20)12(14,15)16)10-5-3-9(4-6-10)24(13,21)22/h3-6H,2,7-8H2,1H3,(H,17,20)(H,18,19,23). The van der Waals surface area contributed by atoms with E-state index in [0.29, 0.717) is 0 Å². The molecule has 1 aromatic rings. The van der Waals surface area contributed by atoms with Gasteiger partial charge in [0, 0.05) is 30.3 Å². The van der Waals surface area contributed by atoms with Gasteiger partial charge in [0.2, 0.25) is 0 Å². The fourth-order valence-electron chi connectivity index (χ4n) is 1.64. The van der Waals surface area contributed by atoms with Crippen molar-refractivity contribution in [1.82, 2.24) is 10.0 Å². The average Bonchev–Trinajstić information content (AvgIpc) is 2.50. The van der Waals surface area contributed by atoms with Crippen LogP contribution in [0.5, 0.6) is 0 Å². The molecule has 13 heteroatoms. The Labute approximate surface area is 147 Å². The van der Waals surface area contributed by atoms with Gasteiger partial charge in [-0.15, -0.1) is 0 Å². The van der Waals surface area contributed by atoms with E-state index in [-0.39, 0.29) is 22.9 Å². The van der Waals surface area contributed by atoms with Crippen LogP contribution in [0.15, 0.2) is 38.4 Å². The molecule has 1 amide bonds. The van der Waals surface area contributed by atoms with Crippen LogP contribution in [0.1, 0.15) is 6.92 Å². The predicted molar refractivity (Wildman–Crippen MR) is 85.9 cm³/mol. The lowest BCUT2D eigenvalue weighted by Crippen LogP contribution is -2.41. The first kappa shape index (κ1) is 21.7. The van der Waals surface area contributed by atoms with Crippen molar-refractivity contribution in [3.05, 3.63) is 24.3 Å². The highest BCUT2D eigenvalue weighted by atomic mass is 35.7. The molecule has 25 heavy (non-hydrogen) atoms. The molecule has 0 aliphatic rings. The summed E-state index contributed by atoms with van der Waals surface area (Å²) < 4.78 is 77.7. The van der Waals surface area contributed by atoms with E-state index in [1.54, 1.807) is 12.2 Å². The van der Waals surface area contributed by atoms with Crippen LogP contribution < -0.4 is 10.0 Å². The lowest BCUT2D eigenvalue weighted by Gasteiger charge is -2.13. The largest absolute Gasteiger partial charge is 0.471 e. The molecule has 0 saturated carbocycles. The molecule has 7 nitrogen and oxygen atoms in total. The Morgan fingerprint density at radius 3 is 2.08 bits per heavy atom. The number of nitrogens with zero attached hydrogens (tertiary/aromatic N) is 1. The summed E-state index contributed by atoms with van der Waals surface area (Å²) in [6.45, 7) is 1.06. The highest BCUT2D eigenvalue weighted by Gasteiger charge is 2.38. The maximum absolute atomic E-state index is 12.8. The zero-order valence-electron chi connectivity index (χ0n) is 12.8. The third-order valence-corrected chi connectivity index (χ3v) is 6.20. The molecule has 1 atom stereocenters. The Hall–Kier alpha value is -1.37. The van der Waals surface area contributed by atoms with Gasteiger partial charge in [-0.05, 0) is 31.2 Å². The minimum absolute atomic E-state index is 0.126. The highest BCUT2D eigenvalue weighted by Crippen LogP contribution is 2.19. The molecule has 142 valence electrons. The van der Waals surface area contributed by atoms with E-state index < -0.39 is 37.6 Å². The number of carbonyl (C=O) groups is 1. The topological polar surface area (TPSA) is 105 Å². The van der Waals surface area contributed by atoms with Gasteiger partial charge in [-0.3, -0.25) is 4.79 Å². The minimum Gasteiger partial charge on any atom is -0.347 e. The molecule has 0 fully saturated rings. The molecular formula is C12H15ClF3N3O4S2. The quantitative estimate of drug-likeness (QED) is 0.515. The molecule has 0 spiro atoms. The Bertz CT molecular complexity index is 832. The smallest absolute Gasteiger partial charge is 0.347 e. The summed E-state index contributed by atoms with van der Waals surface area (Å²) in [6, 6.07) is 4.74. The summed E-state index contributed by atoms with van der Waals surface area (Å²) in [4.78, 5) is 10.6. The van der Waals surface area contributed by atoms with Gasteiger partial charge >= 0.3 is 12.1 Å². The van der Waals surface area contributed by atoms with Crippen molar-refractivity contribution in [2.75, 3.05) is 19.6 Å². The fourth-order valence-corrected chi connectivity index (χ4v) is 4.06. The first-order chi connectivity index (χ1) is 11.4. The Balaban J connectivity index is 2.86. The molecule has 1 rings (SSSR count). The Morgan fingerprint density at radius 2 is 1.64 bits per heavy atom. The van der Waals surface area contributed by atoms with Gasteiger partial charge in [0.1, 0.15) is 9.92 Å². The van der Waals surface area contributed by atoms with Crippen molar-refractivity contribution in [3.8, 4) is 0 Å². The maximum atomic E-state index is 12.8. The number of hydrogen-bond acceptors (Lipinski definition) is 5. The van der Waals surface area contributed by atoms with Crippen molar-refractivity contribution in [2.24, 2.45) is 4.36 Å². The number of carbonyl (C=O) groups excluding carboxylic acids is 1.